The zero-order valence-electron chi connectivity index (χ0n) is 8.05. The molecule has 0 unspecified atom stereocenters. The fourth-order valence-electron chi connectivity index (χ4n) is 1.18. The van der Waals surface area contributed by atoms with Crippen molar-refractivity contribution in [2.75, 3.05) is 0 Å². The highest BCUT2D eigenvalue weighted by Crippen LogP contribution is 2.11. The third-order valence-corrected chi connectivity index (χ3v) is 2.28. The van der Waals surface area contributed by atoms with Crippen LogP contribution in [0.3, 0.4) is 0 Å². The Labute approximate surface area is 93.5 Å². The molecular weight excluding hydrogens is 208 g/mol. The summed E-state index contributed by atoms with van der Waals surface area (Å²) in [7, 11) is 0. The van der Waals surface area contributed by atoms with Crippen molar-refractivity contribution >= 4 is 17.8 Å². The van der Waals surface area contributed by atoms with E-state index in [9.17, 15) is 0 Å². The second-order valence-electron chi connectivity index (χ2n) is 3.02. The maximum Gasteiger partial charge on any atom is 0.202 e. The van der Waals surface area contributed by atoms with E-state index in [1.165, 1.54) is 0 Å². The van der Waals surface area contributed by atoms with Crippen LogP contribution in [-0.4, -0.2) is 6.21 Å². The fourth-order valence-corrected chi connectivity index (χ4v) is 1.36. The third-order valence-electron chi connectivity index (χ3n) is 1.94. The Bertz CT molecular complexity index is 466. The molecule has 0 bridgehead atoms. The predicted octanol–water partition coefficient (Wildman–Crippen LogP) is 2.51. The van der Waals surface area contributed by atoms with Gasteiger partial charge in [-0.05, 0) is 11.2 Å². The molecule has 0 spiro atoms. The largest absolute Gasteiger partial charge is 0.202 e. The van der Waals surface area contributed by atoms with E-state index in [1.807, 2.05) is 54.9 Å². The molecule has 0 aliphatic rings. The molecule has 0 radical (unpaired) electrons. The van der Waals surface area contributed by atoms with Gasteiger partial charge >= 0.3 is 0 Å². The van der Waals surface area contributed by atoms with Gasteiger partial charge in [0.1, 0.15) is 6.21 Å². The Morgan fingerprint density at radius 3 is 2.47 bits per heavy atom. The van der Waals surface area contributed by atoms with E-state index < -0.39 is 0 Å². The molecule has 2 rings (SSSR count). The molecule has 0 atom stereocenters. The maximum atomic E-state index is 5.99. The first-order chi connectivity index (χ1) is 7.36. The summed E-state index contributed by atoms with van der Waals surface area (Å²) in [6, 6.07) is 13.4. The van der Waals surface area contributed by atoms with Crippen molar-refractivity contribution in [1.29, 1.82) is 0 Å². The van der Waals surface area contributed by atoms with Crippen LogP contribution >= 0.6 is 11.6 Å². The molecule has 0 aliphatic heterocycles. The normalized spacial score (nSPS) is 10.7. The minimum Gasteiger partial charge on any atom is -0.0836 e. The lowest BCUT2D eigenvalue weighted by Gasteiger charge is -1.93. The average molecular weight is 218 g/mol. The van der Waals surface area contributed by atoms with Crippen molar-refractivity contribution in [3.8, 4) is 0 Å². The van der Waals surface area contributed by atoms with Crippen molar-refractivity contribution in [3.63, 3.8) is 0 Å². The Balaban J connectivity index is 2.23. The Kier molecular flexibility index (Phi) is 3.10. The van der Waals surface area contributed by atoms with E-state index in [0.717, 1.165) is 5.56 Å². The first kappa shape index (κ1) is 9.87. The Morgan fingerprint density at radius 2 is 1.73 bits per heavy atom. The van der Waals surface area contributed by atoms with Crippen molar-refractivity contribution in [2.45, 2.75) is 0 Å². The van der Waals surface area contributed by atoms with Gasteiger partial charge in [-0.25, -0.2) is 0 Å². The summed E-state index contributed by atoms with van der Waals surface area (Å²) in [5.41, 5.74) is 0.913. The smallest absolute Gasteiger partial charge is 0.0836 e. The van der Waals surface area contributed by atoms with Crippen LogP contribution in [0.2, 0.25) is 5.02 Å². The van der Waals surface area contributed by atoms with Gasteiger partial charge in [0.15, 0.2) is 0 Å². The molecule has 0 fully saturated rings. The molecule has 2 nitrogen and oxygen atoms in total. The van der Waals surface area contributed by atoms with E-state index >= 15 is 0 Å². The van der Waals surface area contributed by atoms with Crippen LogP contribution in [0.25, 0.3) is 0 Å². The van der Waals surface area contributed by atoms with Gasteiger partial charge < -0.3 is 0 Å². The molecule has 2 aromatic rings. The van der Waals surface area contributed by atoms with E-state index in [1.54, 1.807) is 10.9 Å². The molecule has 0 N–H and O–H groups in total. The molecule has 0 saturated carbocycles. The summed E-state index contributed by atoms with van der Waals surface area (Å²) in [6.07, 6.45) is 5.48. The topological polar surface area (TPSA) is 16.2 Å². The van der Waals surface area contributed by atoms with E-state index in [-0.39, 0.29) is 0 Å². The minimum atomic E-state index is 0.706. The van der Waals surface area contributed by atoms with Gasteiger partial charge in [-0.2, -0.15) is 0 Å². The average Bonchev–Trinajstić information content (AvgIpc) is 2.29. The van der Waals surface area contributed by atoms with Gasteiger partial charge in [0.2, 0.25) is 12.4 Å². The second-order valence-corrected chi connectivity index (χ2v) is 3.43. The van der Waals surface area contributed by atoms with Gasteiger partial charge in [-0.15, -0.1) is 0 Å². The quantitative estimate of drug-likeness (QED) is 0.543. The first-order valence-corrected chi connectivity index (χ1v) is 4.99. The third kappa shape index (κ3) is 2.64. The molecule has 1 aromatic carbocycles. The molecule has 0 amide bonds. The Hall–Kier alpha value is -1.67. The van der Waals surface area contributed by atoms with Crippen LogP contribution in [0.5, 0.6) is 0 Å². The van der Waals surface area contributed by atoms with Crippen molar-refractivity contribution in [1.82, 2.24) is 0 Å². The number of nitrogens with zero attached hydrogens (tertiary/aromatic N) is 2. The van der Waals surface area contributed by atoms with Gasteiger partial charge in [-0.3, -0.25) is 0 Å². The summed E-state index contributed by atoms with van der Waals surface area (Å²) in [4.78, 5) is 0. The van der Waals surface area contributed by atoms with Crippen LogP contribution < -0.4 is 4.68 Å². The molecule has 1 heterocycles. The molecular formula is C12H10ClN2+. The van der Waals surface area contributed by atoms with Crippen molar-refractivity contribution in [2.24, 2.45) is 5.10 Å². The number of aromatic nitrogens is 1. The number of halogens is 1. The monoisotopic (exact) mass is 217 g/mol. The highest BCUT2D eigenvalue weighted by atomic mass is 35.5. The molecule has 74 valence electrons. The lowest BCUT2D eigenvalue weighted by atomic mass is 10.2. The van der Waals surface area contributed by atoms with E-state index in [0.29, 0.717) is 5.02 Å². The molecule has 3 heteroatoms. The summed E-state index contributed by atoms with van der Waals surface area (Å²) in [5.74, 6) is 0. The summed E-state index contributed by atoms with van der Waals surface area (Å²) >= 11 is 5.99. The molecule has 0 aliphatic carbocycles. The molecule has 15 heavy (non-hydrogen) atoms. The maximum absolute atomic E-state index is 5.99. The number of hydrogen-bond donors (Lipinski definition) is 0. The number of pyridine rings is 1. The van der Waals surface area contributed by atoms with E-state index in [4.69, 9.17) is 11.6 Å². The zero-order valence-corrected chi connectivity index (χ0v) is 8.80. The minimum absolute atomic E-state index is 0.706. The highest BCUT2D eigenvalue weighted by molar-refractivity contribution is 6.33. The number of hydrogen-bond acceptors (Lipinski definition) is 1. The van der Waals surface area contributed by atoms with Gasteiger partial charge in [0.05, 0.1) is 0 Å². The SMILES string of the molecule is Clc1ccccc1/C=N/[n+]1ccccc1. The van der Waals surface area contributed by atoms with Crippen LogP contribution in [0, 0.1) is 0 Å². The van der Waals surface area contributed by atoms with Crippen LogP contribution in [0.1, 0.15) is 5.56 Å². The number of benzene rings is 1. The van der Waals surface area contributed by atoms with Crippen LogP contribution in [0.4, 0.5) is 0 Å². The zero-order chi connectivity index (χ0) is 10.5. The summed E-state index contributed by atoms with van der Waals surface area (Å²) < 4.78 is 1.73. The van der Waals surface area contributed by atoms with Crippen molar-refractivity contribution in [3.05, 3.63) is 65.4 Å². The van der Waals surface area contributed by atoms with Crippen molar-refractivity contribution < 1.29 is 4.68 Å². The van der Waals surface area contributed by atoms with Gasteiger partial charge in [0.25, 0.3) is 0 Å². The first-order valence-electron chi connectivity index (χ1n) is 4.61. The van der Waals surface area contributed by atoms with Gasteiger partial charge in [-0.1, -0.05) is 40.5 Å². The standard InChI is InChI=1S/C12H10ClN2/c13-12-7-3-2-6-11(12)10-14-15-8-4-1-5-9-15/h1-10H/q+1/b14-10+. The molecule has 0 saturated heterocycles. The van der Waals surface area contributed by atoms with Gasteiger partial charge in [0, 0.05) is 22.7 Å². The lowest BCUT2D eigenvalue weighted by Crippen LogP contribution is -2.25. The fraction of sp³-hybridized carbons (Fsp3) is 0. The van der Waals surface area contributed by atoms with Crippen LogP contribution in [-0.2, 0) is 0 Å². The highest BCUT2D eigenvalue weighted by Gasteiger charge is 1.96. The van der Waals surface area contributed by atoms with E-state index in [2.05, 4.69) is 5.10 Å². The van der Waals surface area contributed by atoms with Crippen LogP contribution in [0.15, 0.2) is 60.0 Å². The lowest BCUT2D eigenvalue weighted by molar-refractivity contribution is -0.678. The Morgan fingerprint density at radius 1 is 1.00 bits per heavy atom. The summed E-state index contributed by atoms with van der Waals surface area (Å²) in [5, 5.41) is 4.95. The number of rotatable bonds is 2. The predicted molar refractivity (Wildman–Crippen MR) is 61.1 cm³/mol. The summed E-state index contributed by atoms with van der Waals surface area (Å²) in [6.45, 7) is 0. The second kappa shape index (κ2) is 4.71. The molecule has 1 aromatic heterocycles.